The average molecular weight is 358 g/mol. The number of carbonyl (C=O) groups excluding carboxylic acids is 2. The van der Waals surface area contributed by atoms with Crippen LogP contribution in [0, 0.1) is 13.8 Å². The fourth-order valence-corrected chi connectivity index (χ4v) is 3.57. The van der Waals surface area contributed by atoms with Crippen LogP contribution in [0.2, 0.25) is 0 Å². The van der Waals surface area contributed by atoms with E-state index in [1.54, 1.807) is 11.0 Å². The summed E-state index contributed by atoms with van der Waals surface area (Å²) in [6, 6.07) is 1.33. The van der Waals surface area contributed by atoms with E-state index in [2.05, 4.69) is 27.5 Å². The van der Waals surface area contributed by atoms with Crippen LogP contribution in [0.3, 0.4) is 0 Å². The number of carbonyl (C=O) groups is 2. The lowest BCUT2D eigenvalue weighted by atomic mass is 10.1. The molecule has 0 unspecified atom stereocenters. The molecule has 3 heterocycles. The van der Waals surface area contributed by atoms with Crippen molar-refractivity contribution in [1.29, 1.82) is 0 Å². The van der Waals surface area contributed by atoms with Gasteiger partial charge in [-0.3, -0.25) is 19.4 Å². The molecule has 0 saturated carbocycles. The van der Waals surface area contributed by atoms with Crippen LogP contribution in [0.25, 0.3) is 11.3 Å². The third kappa shape index (κ3) is 3.11. The molecular formula is C18H26N6O2. The maximum Gasteiger partial charge on any atom is 0.272 e. The Bertz CT molecular complexity index is 822. The number of nitrogens with one attached hydrogen (secondary N) is 2. The Hall–Kier alpha value is -2.64. The predicted octanol–water partition coefficient (Wildman–Crippen LogP) is 1.65. The largest absolute Gasteiger partial charge is 0.353 e. The molecule has 26 heavy (non-hydrogen) atoms. The summed E-state index contributed by atoms with van der Waals surface area (Å²) in [7, 11) is 0. The van der Waals surface area contributed by atoms with Crippen LogP contribution >= 0.6 is 0 Å². The Labute approximate surface area is 152 Å². The smallest absolute Gasteiger partial charge is 0.272 e. The first kappa shape index (κ1) is 18.2. The first-order valence-electron chi connectivity index (χ1n) is 9.16. The van der Waals surface area contributed by atoms with Crippen molar-refractivity contribution < 1.29 is 9.59 Å². The van der Waals surface area contributed by atoms with Gasteiger partial charge in [-0.15, -0.1) is 0 Å². The maximum atomic E-state index is 12.9. The molecular weight excluding hydrogens is 332 g/mol. The first-order chi connectivity index (χ1) is 12.5. The van der Waals surface area contributed by atoms with Crippen molar-refractivity contribution in [3.05, 3.63) is 23.1 Å². The molecule has 3 rings (SSSR count). The summed E-state index contributed by atoms with van der Waals surface area (Å²) in [5.74, 6) is -0.291. The molecule has 0 radical (unpaired) electrons. The monoisotopic (exact) mass is 358 g/mol. The maximum absolute atomic E-state index is 12.9. The van der Waals surface area contributed by atoms with Crippen molar-refractivity contribution in [1.82, 2.24) is 30.2 Å². The number of nitrogens with zero attached hydrogens (tertiary/aromatic N) is 4. The van der Waals surface area contributed by atoms with Gasteiger partial charge in [0.15, 0.2) is 0 Å². The van der Waals surface area contributed by atoms with Gasteiger partial charge in [-0.1, -0.05) is 13.8 Å². The Morgan fingerprint density at radius 2 is 2.12 bits per heavy atom. The highest BCUT2D eigenvalue weighted by Crippen LogP contribution is 2.26. The highest BCUT2D eigenvalue weighted by atomic mass is 16.2. The van der Waals surface area contributed by atoms with Gasteiger partial charge in [0, 0.05) is 30.9 Å². The summed E-state index contributed by atoms with van der Waals surface area (Å²) < 4.78 is 1.98. The number of H-pyrrole nitrogens is 1. The highest BCUT2D eigenvalue weighted by molar-refractivity contribution is 5.97. The van der Waals surface area contributed by atoms with Crippen LogP contribution in [0.5, 0.6) is 0 Å². The third-order valence-electron chi connectivity index (χ3n) is 4.86. The topological polar surface area (TPSA) is 95.9 Å². The van der Waals surface area contributed by atoms with Crippen molar-refractivity contribution in [2.45, 2.75) is 53.1 Å². The summed E-state index contributed by atoms with van der Waals surface area (Å²) in [4.78, 5) is 26.5. The number of hydrogen-bond acceptors (Lipinski definition) is 4. The second-order valence-corrected chi connectivity index (χ2v) is 6.65. The fourth-order valence-electron chi connectivity index (χ4n) is 3.57. The number of aryl methyl sites for hydroxylation is 2. The molecule has 2 aromatic heterocycles. The molecule has 0 aromatic carbocycles. The fraction of sp³-hybridized carbons (Fsp3) is 0.556. The van der Waals surface area contributed by atoms with Gasteiger partial charge in [0.1, 0.15) is 11.7 Å². The van der Waals surface area contributed by atoms with E-state index in [0.717, 1.165) is 29.9 Å². The Balaban J connectivity index is 1.88. The molecule has 2 N–H and O–H groups in total. The second-order valence-electron chi connectivity index (χ2n) is 6.65. The molecule has 0 aliphatic carbocycles. The van der Waals surface area contributed by atoms with E-state index >= 15 is 0 Å². The minimum Gasteiger partial charge on any atom is -0.353 e. The molecule has 8 nitrogen and oxygen atoms in total. The normalized spacial score (nSPS) is 17.5. The quantitative estimate of drug-likeness (QED) is 0.849. The van der Waals surface area contributed by atoms with E-state index in [9.17, 15) is 9.59 Å². The third-order valence-corrected chi connectivity index (χ3v) is 4.86. The molecule has 2 aromatic rings. The summed E-state index contributed by atoms with van der Waals surface area (Å²) in [5, 5.41) is 14.6. The van der Waals surface area contributed by atoms with Crippen molar-refractivity contribution in [2.75, 3.05) is 13.1 Å². The van der Waals surface area contributed by atoms with Gasteiger partial charge in [-0.2, -0.15) is 10.2 Å². The van der Waals surface area contributed by atoms with Crippen LogP contribution in [-0.2, 0) is 11.3 Å². The van der Waals surface area contributed by atoms with Gasteiger partial charge in [0.2, 0.25) is 5.91 Å². The van der Waals surface area contributed by atoms with Crippen LogP contribution in [0.4, 0.5) is 0 Å². The second kappa shape index (κ2) is 7.31. The zero-order valence-electron chi connectivity index (χ0n) is 15.8. The van der Waals surface area contributed by atoms with E-state index < -0.39 is 6.04 Å². The van der Waals surface area contributed by atoms with Crippen molar-refractivity contribution in [3.63, 3.8) is 0 Å². The van der Waals surface area contributed by atoms with Crippen molar-refractivity contribution in [2.24, 2.45) is 0 Å². The summed E-state index contributed by atoms with van der Waals surface area (Å²) in [6.07, 6.45) is 1.59. The lowest BCUT2D eigenvalue weighted by Crippen LogP contribution is -2.56. The summed E-state index contributed by atoms with van der Waals surface area (Å²) in [6.45, 7) is 9.82. The van der Waals surface area contributed by atoms with E-state index in [0.29, 0.717) is 30.9 Å². The number of piperazine rings is 1. The zero-order chi connectivity index (χ0) is 18.8. The van der Waals surface area contributed by atoms with Gasteiger partial charge in [0.05, 0.1) is 11.4 Å². The van der Waals surface area contributed by atoms with E-state index in [4.69, 9.17) is 0 Å². The average Bonchev–Trinajstić information content (AvgIpc) is 3.19. The van der Waals surface area contributed by atoms with Crippen LogP contribution < -0.4 is 5.32 Å². The summed E-state index contributed by atoms with van der Waals surface area (Å²) in [5.41, 5.74) is 4.00. The minimum atomic E-state index is -0.432. The number of aromatic amines is 1. The standard InChI is InChI=1S/C18H26N6O2/c1-5-8-24-12(4)16(11(3)22-24)13-10-14(21-20-13)18(26)23-9-7-19-17(25)15(23)6-2/h10,15H,5-9H2,1-4H3,(H,19,25)(H,20,21)/t15-/m0/s1. The molecule has 0 spiro atoms. The van der Waals surface area contributed by atoms with Crippen LogP contribution in [0.15, 0.2) is 6.07 Å². The lowest BCUT2D eigenvalue weighted by Gasteiger charge is -2.34. The molecule has 8 heteroatoms. The number of hydrogen-bond donors (Lipinski definition) is 2. The number of rotatable bonds is 5. The zero-order valence-corrected chi connectivity index (χ0v) is 15.8. The van der Waals surface area contributed by atoms with Gasteiger partial charge in [-0.25, -0.2) is 0 Å². The number of amides is 2. The van der Waals surface area contributed by atoms with Crippen LogP contribution in [0.1, 0.15) is 48.6 Å². The molecule has 1 aliphatic heterocycles. The molecule has 0 bridgehead atoms. The molecule has 1 fully saturated rings. The molecule has 2 amide bonds. The molecule has 140 valence electrons. The van der Waals surface area contributed by atoms with Gasteiger partial charge in [-0.05, 0) is 32.8 Å². The molecule has 1 aliphatic rings. The molecule has 1 saturated heterocycles. The minimum absolute atomic E-state index is 0.0978. The van der Waals surface area contributed by atoms with Crippen molar-refractivity contribution >= 4 is 11.8 Å². The number of aromatic nitrogens is 4. The Morgan fingerprint density at radius 1 is 1.35 bits per heavy atom. The van der Waals surface area contributed by atoms with E-state index in [1.807, 2.05) is 25.5 Å². The van der Waals surface area contributed by atoms with Crippen molar-refractivity contribution in [3.8, 4) is 11.3 Å². The Kier molecular flexibility index (Phi) is 5.11. The van der Waals surface area contributed by atoms with E-state index in [-0.39, 0.29) is 11.8 Å². The SMILES string of the molecule is CCCn1nc(C)c(-c2cc(C(=O)N3CCNC(=O)[C@@H]3CC)[nH]n2)c1C. The first-order valence-corrected chi connectivity index (χ1v) is 9.16. The van der Waals surface area contributed by atoms with Gasteiger partial charge in [0.25, 0.3) is 5.91 Å². The van der Waals surface area contributed by atoms with Crippen LogP contribution in [-0.4, -0.2) is 55.8 Å². The van der Waals surface area contributed by atoms with Gasteiger partial charge >= 0.3 is 0 Å². The highest BCUT2D eigenvalue weighted by Gasteiger charge is 2.33. The molecule has 1 atom stereocenters. The van der Waals surface area contributed by atoms with Gasteiger partial charge < -0.3 is 10.2 Å². The Morgan fingerprint density at radius 3 is 2.81 bits per heavy atom. The summed E-state index contributed by atoms with van der Waals surface area (Å²) >= 11 is 0. The lowest BCUT2D eigenvalue weighted by molar-refractivity contribution is -0.127. The predicted molar refractivity (Wildman–Crippen MR) is 97.7 cm³/mol. The van der Waals surface area contributed by atoms with E-state index in [1.165, 1.54) is 0 Å².